The third kappa shape index (κ3) is 2.83. The van der Waals surface area contributed by atoms with E-state index in [2.05, 4.69) is 66.8 Å². The molecule has 0 aromatic heterocycles. The molecule has 1 N–H and O–H groups in total. The van der Waals surface area contributed by atoms with Gasteiger partial charge in [0.2, 0.25) is 0 Å². The smallest absolute Gasteiger partial charge is 0.126 e. The maximum atomic E-state index is 5.58. The molecule has 0 aliphatic carbocycles. The lowest BCUT2D eigenvalue weighted by molar-refractivity contribution is 0.416. The summed E-state index contributed by atoms with van der Waals surface area (Å²) >= 11 is 0. The number of hydrogen-bond acceptors (Lipinski definition) is 2. The topological polar surface area (TPSA) is 21.3 Å². The van der Waals surface area contributed by atoms with Gasteiger partial charge in [-0.1, -0.05) is 60.7 Å². The van der Waals surface area contributed by atoms with E-state index in [1.165, 1.54) is 27.8 Å². The molecule has 0 spiro atoms. The fourth-order valence-corrected chi connectivity index (χ4v) is 3.91. The second kappa shape index (κ2) is 6.73. The molecule has 0 amide bonds. The SMILES string of the molecule is COc1ccccc1-c1cccc(C2NCCc3ccccc32)c1C. The number of rotatable bonds is 3. The molecule has 1 atom stereocenters. The minimum Gasteiger partial charge on any atom is -0.496 e. The maximum absolute atomic E-state index is 5.58. The highest BCUT2D eigenvalue weighted by Gasteiger charge is 2.23. The number of benzene rings is 3. The van der Waals surface area contributed by atoms with Crippen molar-refractivity contribution in [3.8, 4) is 16.9 Å². The molecule has 0 saturated heterocycles. The van der Waals surface area contributed by atoms with Crippen LogP contribution < -0.4 is 10.1 Å². The van der Waals surface area contributed by atoms with Crippen molar-refractivity contribution in [3.63, 3.8) is 0 Å². The number of hydrogen-bond donors (Lipinski definition) is 1. The third-order valence-corrected chi connectivity index (χ3v) is 5.19. The van der Waals surface area contributed by atoms with Crippen LogP contribution in [0, 0.1) is 6.92 Å². The fraction of sp³-hybridized carbons (Fsp3) is 0.217. The van der Waals surface area contributed by atoms with Crippen molar-refractivity contribution < 1.29 is 4.74 Å². The Morgan fingerprint density at radius 3 is 2.44 bits per heavy atom. The summed E-state index contributed by atoms with van der Waals surface area (Å²) in [6.45, 7) is 3.23. The van der Waals surface area contributed by atoms with Crippen LogP contribution >= 0.6 is 0 Å². The zero-order valence-electron chi connectivity index (χ0n) is 14.8. The Morgan fingerprint density at radius 2 is 1.56 bits per heavy atom. The molecule has 0 bridgehead atoms. The molecule has 3 aromatic carbocycles. The standard InChI is InChI=1S/C23H23NO/c1-16-18(21-10-5-6-13-22(21)25-2)11-7-12-19(16)23-20-9-4-3-8-17(20)14-15-24-23/h3-13,23-24H,14-15H2,1-2H3. The lowest BCUT2D eigenvalue weighted by Crippen LogP contribution is -2.31. The van der Waals surface area contributed by atoms with Gasteiger partial charge >= 0.3 is 0 Å². The van der Waals surface area contributed by atoms with E-state index < -0.39 is 0 Å². The van der Waals surface area contributed by atoms with Crippen LogP contribution in [0.3, 0.4) is 0 Å². The highest BCUT2D eigenvalue weighted by molar-refractivity contribution is 5.74. The van der Waals surface area contributed by atoms with Gasteiger partial charge in [-0.05, 0) is 47.2 Å². The predicted octanol–water partition coefficient (Wildman–Crippen LogP) is 4.91. The summed E-state index contributed by atoms with van der Waals surface area (Å²) in [5.74, 6) is 0.916. The van der Waals surface area contributed by atoms with Crippen molar-refractivity contribution in [1.29, 1.82) is 0 Å². The summed E-state index contributed by atoms with van der Waals surface area (Å²) < 4.78 is 5.58. The second-order valence-corrected chi connectivity index (χ2v) is 6.56. The van der Waals surface area contributed by atoms with Crippen molar-refractivity contribution in [3.05, 3.63) is 89.0 Å². The third-order valence-electron chi connectivity index (χ3n) is 5.19. The first-order valence-electron chi connectivity index (χ1n) is 8.83. The summed E-state index contributed by atoms with van der Waals surface area (Å²) in [6, 6.07) is 23.9. The zero-order valence-corrected chi connectivity index (χ0v) is 14.8. The normalized spacial score (nSPS) is 16.3. The van der Waals surface area contributed by atoms with E-state index in [0.29, 0.717) is 0 Å². The van der Waals surface area contributed by atoms with Crippen molar-refractivity contribution in [2.75, 3.05) is 13.7 Å². The predicted molar refractivity (Wildman–Crippen MR) is 103 cm³/mol. The van der Waals surface area contributed by atoms with E-state index in [1.807, 2.05) is 12.1 Å². The molecule has 1 aliphatic rings. The van der Waals surface area contributed by atoms with Crippen LogP contribution in [-0.2, 0) is 6.42 Å². The lowest BCUT2D eigenvalue weighted by Gasteiger charge is -2.29. The first-order valence-corrected chi connectivity index (χ1v) is 8.83. The molecule has 25 heavy (non-hydrogen) atoms. The largest absolute Gasteiger partial charge is 0.496 e. The lowest BCUT2D eigenvalue weighted by atomic mass is 9.85. The van der Waals surface area contributed by atoms with Crippen LogP contribution in [0.25, 0.3) is 11.1 Å². The van der Waals surface area contributed by atoms with Gasteiger partial charge in [-0.2, -0.15) is 0 Å². The molecule has 0 saturated carbocycles. The van der Waals surface area contributed by atoms with Crippen LogP contribution in [0.4, 0.5) is 0 Å². The Kier molecular flexibility index (Phi) is 4.29. The first kappa shape index (κ1) is 15.9. The molecule has 1 unspecified atom stereocenters. The quantitative estimate of drug-likeness (QED) is 0.737. The Balaban J connectivity index is 1.84. The Morgan fingerprint density at radius 1 is 0.840 bits per heavy atom. The van der Waals surface area contributed by atoms with Gasteiger partial charge < -0.3 is 10.1 Å². The highest BCUT2D eigenvalue weighted by atomic mass is 16.5. The van der Waals surface area contributed by atoms with Crippen LogP contribution in [0.2, 0.25) is 0 Å². The molecular formula is C23H23NO. The highest BCUT2D eigenvalue weighted by Crippen LogP contribution is 2.37. The minimum absolute atomic E-state index is 0.250. The Labute approximate surface area is 149 Å². The molecule has 0 radical (unpaired) electrons. The monoisotopic (exact) mass is 329 g/mol. The van der Waals surface area contributed by atoms with E-state index in [4.69, 9.17) is 4.74 Å². The van der Waals surface area contributed by atoms with Crippen LogP contribution in [0.15, 0.2) is 66.7 Å². The maximum Gasteiger partial charge on any atom is 0.126 e. The molecule has 2 nitrogen and oxygen atoms in total. The van der Waals surface area contributed by atoms with E-state index in [9.17, 15) is 0 Å². The van der Waals surface area contributed by atoms with Gasteiger partial charge in [0.05, 0.1) is 13.2 Å². The summed E-state index contributed by atoms with van der Waals surface area (Å²) in [5, 5.41) is 3.71. The minimum atomic E-state index is 0.250. The number of ether oxygens (including phenoxy) is 1. The zero-order chi connectivity index (χ0) is 17.2. The molecular weight excluding hydrogens is 306 g/mol. The molecule has 126 valence electrons. The van der Waals surface area contributed by atoms with Gasteiger partial charge in [-0.25, -0.2) is 0 Å². The van der Waals surface area contributed by atoms with Crippen LogP contribution in [-0.4, -0.2) is 13.7 Å². The molecule has 1 aliphatic heterocycles. The van der Waals surface area contributed by atoms with Crippen molar-refractivity contribution in [2.45, 2.75) is 19.4 Å². The summed E-state index contributed by atoms with van der Waals surface area (Å²) in [6.07, 6.45) is 1.10. The van der Waals surface area contributed by atoms with Gasteiger partial charge in [-0.15, -0.1) is 0 Å². The van der Waals surface area contributed by atoms with Gasteiger partial charge in [0.1, 0.15) is 5.75 Å². The number of nitrogens with one attached hydrogen (secondary N) is 1. The number of para-hydroxylation sites is 1. The first-order chi connectivity index (χ1) is 12.3. The van der Waals surface area contributed by atoms with E-state index in [-0.39, 0.29) is 6.04 Å². The molecule has 0 fully saturated rings. The molecule has 4 rings (SSSR count). The van der Waals surface area contributed by atoms with Crippen molar-refractivity contribution in [1.82, 2.24) is 5.32 Å². The van der Waals surface area contributed by atoms with Gasteiger partial charge in [-0.3, -0.25) is 0 Å². The average molecular weight is 329 g/mol. The van der Waals surface area contributed by atoms with Crippen LogP contribution in [0.5, 0.6) is 5.75 Å². The number of fused-ring (bicyclic) bond motifs is 1. The molecule has 2 heteroatoms. The number of methoxy groups -OCH3 is 1. The average Bonchev–Trinajstić information content (AvgIpc) is 2.68. The van der Waals surface area contributed by atoms with E-state index in [1.54, 1.807) is 7.11 Å². The second-order valence-electron chi connectivity index (χ2n) is 6.56. The van der Waals surface area contributed by atoms with Gasteiger partial charge in [0, 0.05) is 12.1 Å². The summed E-state index contributed by atoms with van der Waals surface area (Å²) in [5.41, 5.74) is 7.88. The molecule has 1 heterocycles. The van der Waals surface area contributed by atoms with Gasteiger partial charge in [0.25, 0.3) is 0 Å². The van der Waals surface area contributed by atoms with E-state index in [0.717, 1.165) is 24.3 Å². The van der Waals surface area contributed by atoms with Gasteiger partial charge in [0.15, 0.2) is 0 Å². The van der Waals surface area contributed by atoms with Crippen molar-refractivity contribution in [2.24, 2.45) is 0 Å². The summed E-state index contributed by atoms with van der Waals surface area (Å²) in [7, 11) is 1.73. The Hall–Kier alpha value is -2.58. The van der Waals surface area contributed by atoms with Crippen LogP contribution in [0.1, 0.15) is 28.3 Å². The summed E-state index contributed by atoms with van der Waals surface area (Å²) in [4.78, 5) is 0. The Bertz CT molecular complexity index is 900. The van der Waals surface area contributed by atoms with Crippen molar-refractivity contribution >= 4 is 0 Å². The fourth-order valence-electron chi connectivity index (χ4n) is 3.91. The van der Waals surface area contributed by atoms with E-state index >= 15 is 0 Å². The molecule has 3 aromatic rings.